The van der Waals surface area contributed by atoms with Gasteiger partial charge in [-0.25, -0.2) is 8.42 Å². The maximum absolute atomic E-state index is 12.6. The fourth-order valence-corrected chi connectivity index (χ4v) is 3.03. The Labute approximate surface area is 163 Å². The highest BCUT2D eigenvalue weighted by molar-refractivity contribution is 7.90. The van der Waals surface area contributed by atoms with Crippen LogP contribution in [0.3, 0.4) is 0 Å². The zero-order valence-electron chi connectivity index (χ0n) is 14.9. The van der Waals surface area contributed by atoms with Crippen molar-refractivity contribution >= 4 is 21.8 Å². The summed E-state index contributed by atoms with van der Waals surface area (Å²) in [6, 6.07) is 9.75. The van der Waals surface area contributed by atoms with Crippen molar-refractivity contribution in [3.63, 3.8) is 0 Å². The average molecular weight is 425 g/mol. The molecular weight excluding hydrogens is 411 g/mol. The van der Waals surface area contributed by atoms with E-state index in [9.17, 15) is 26.4 Å². The molecule has 0 spiro atoms. The highest BCUT2D eigenvalue weighted by atomic mass is 32.2. The highest BCUT2D eigenvalue weighted by Crippen LogP contribution is 2.30. The molecule has 29 heavy (non-hydrogen) atoms. The number of halogens is 3. The molecule has 0 aliphatic rings. The van der Waals surface area contributed by atoms with E-state index in [-0.39, 0.29) is 28.8 Å². The van der Waals surface area contributed by atoms with Crippen molar-refractivity contribution in [3.8, 4) is 11.5 Å². The van der Waals surface area contributed by atoms with E-state index in [2.05, 4.69) is 15.5 Å². The van der Waals surface area contributed by atoms with Gasteiger partial charge in [-0.15, -0.1) is 5.10 Å². The van der Waals surface area contributed by atoms with Gasteiger partial charge in [-0.2, -0.15) is 13.2 Å². The summed E-state index contributed by atoms with van der Waals surface area (Å²) in [7, 11) is -3.33. The normalized spacial score (nSPS) is 12.0. The van der Waals surface area contributed by atoms with Gasteiger partial charge in [-0.05, 0) is 42.0 Å². The fraction of sp³-hybridized carbons (Fsp3) is 0.167. The summed E-state index contributed by atoms with van der Waals surface area (Å²) in [5.74, 6) is -0.536. The van der Waals surface area contributed by atoms with Gasteiger partial charge < -0.3 is 4.42 Å². The molecule has 2 aromatic carbocycles. The molecular formula is C18H14F3N3O4S. The topological polar surface area (TPSA) is 102 Å². The molecule has 0 saturated heterocycles. The Bertz CT molecular complexity index is 1120. The van der Waals surface area contributed by atoms with Crippen molar-refractivity contribution in [1.29, 1.82) is 0 Å². The molecule has 0 bridgehead atoms. The van der Waals surface area contributed by atoms with Gasteiger partial charge >= 0.3 is 12.2 Å². The summed E-state index contributed by atoms with van der Waals surface area (Å²) in [4.78, 5) is 12.2. The van der Waals surface area contributed by atoms with Crippen molar-refractivity contribution in [2.24, 2.45) is 0 Å². The maximum Gasteiger partial charge on any atom is 0.416 e. The molecule has 1 aromatic heterocycles. The van der Waals surface area contributed by atoms with Crippen molar-refractivity contribution in [2.45, 2.75) is 17.5 Å². The molecule has 0 radical (unpaired) electrons. The third-order valence-electron chi connectivity index (χ3n) is 3.85. The maximum atomic E-state index is 12.6. The summed E-state index contributed by atoms with van der Waals surface area (Å²) >= 11 is 0. The Morgan fingerprint density at radius 2 is 1.66 bits per heavy atom. The molecule has 1 amide bonds. The second-order valence-corrected chi connectivity index (χ2v) is 8.14. The van der Waals surface area contributed by atoms with E-state index in [0.29, 0.717) is 5.56 Å². The van der Waals surface area contributed by atoms with Crippen LogP contribution < -0.4 is 5.32 Å². The van der Waals surface area contributed by atoms with Crippen molar-refractivity contribution in [3.05, 3.63) is 59.7 Å². The van der Waals surface area contributed by atoms with Gasteiger partial charge in [0.15, 0.2) is 9.84 Å². The Hall–Kier alpha value is -3.21. The number of amides is 1. The smallest absolute Gasteiger partial charge is 0.403 e. The van der Waals surface area contributed by atoms with Crippen LogP contribution in [-0.2, 0) is 27.2 Å². The number of alkyl halides is 3. The van der Waals surface area contributed by atoms with Gasteiger partial charge in [0.1, 0.15) is 0 Å². The predicted octanol–water partition coefficient (Wildman–Crippen LogP) is 3.34. The van der Waals surface area contributed by atoms with E-state index in [1.54, 1.807) is 0 Å². The number of hydrogen-bond donors (Lipinski definition) is 1. The zero-order valence-corrected chi connectivity index (χ0v) is 15.7. The second kappa shape index (κ2) is 7.66. The molecule has 0 aliphatic carbocycles. The third-order valence-corrected chi connectivity index (χ3v) is 4.98. The highest BCUT2D eigenvalue weighted by Gasteiger charge is 2.30. The molecule has 3 rings (SSSR count). The van der Waals surface area contributed by atoms with Gasteiger partial charge in [-0.3, -0.25) is 10.1 Å². The van der Waals surface area contributed by atoms with E-state index >= 15 is 0 Å². The first-order valence-corrected chi connectivity index (χ1v) is 10.0. The summed E-state index contributed by atoms with van der Waals surface area (Å²) in [6.45, 7) is 0. The lowest BCUT2D eigenvalue weighted by Crippen LogP contribution is -2.14. The molecule has 0 unspecified atom stereocenters. The number of aromatic nitrogens is 2. The minimum absolute atomic E-state index is 0.0495. The average Bonchev–Trinajstić information content (AvgIpc) is 3.09. The van der Waals surface area contributed by atoms with Crippen LogP contribution in [0.2, 0.25) is 0 Å². The van der Waals surface area contributed by atoms with Gasteiger partial charge in [0, 0.05) is 11.8 Å². The lowest BCUT2D eigenvalue weighted by atomic mass is 10.1. The second-order valence-electron chi connectivity index (χ2n) is 6.13. The lowest BCUT2D eigenvalue weighted by Gasteiger charge is -2.05. The largest absolute Gasteiger partial charge is 0.416 e. The molecule has 7 nitrogen and oxygen atoms in total. The third kappa shape index (κ3) is 5.19. The number of benzene rings is 2. The Kier molecular flexibility index (Phi) is 5.42. The van der Waals surface area contributed by atoms with Crippen LogP contribution in [0.1, 0.15) is 11.1 Å². The monoisotopic (exact) mass is 425 g/mol. The number of anilines is 1. The first-order valence-electron chi connectivity index (χ1n) is 8.12. The Morgan fingerprint density at radius 3 is 2.21 bits per heavy atom. The first-order chi connectivity index (χ1) is 13.5. The van der Waals surface area contributed by atoms with Crippen LogP contribution >= 0.6 is 0 Å². The molecule has 1 heterocycles. The molecule has 3 aromatic rings. The molecule has 0 aliphatic heterocycles. The lowest BCUT2D eigenvalue weighted by molar-refractivity contribution is -0.137. The van der Waals surface area contributed by atoms with Crippen LogP contribution in [-0.4, -0.2) is 30.8 Å². The van der Waals surface area contributed by atoms with Gasteiger partial charge in [0.2, 0.25) is 11.8 Å². The van der Waals surface area contributed by atoms with E-state index in [1.165, 1.54) is 36.4 Å². The zero-order chi connectivity index (χ0) is 21.2. The minimum Gasteiger partial charge on any atom is -0.403 e. The number of rotatable bonds is 5. The van der Waals surface area contributed by atoms with E-state index in [0.717, 1.165) is 18.4 Å². The number of carbonyl (C=O) groups excluding carboxylic acids is 1. The number of nitrogens with one attached hydrogen (secondary N) is 1. The standard InChI is InChI=1S/C18H14F3N3O4S/c1-29(26,27)14-8-2-11(3-9-14)10-15(25)22-17-24-23-16(28-17)12-4-6-13(7-5-12)18(19,20)21/h2-9H,10H2,1H3,(H,22,24,25). The molecule has 0 atom stereocenters. The first kappa shape index (κ1) is 20.5. The van der Waals surface area contributed by atoms with Crippen LogP contribution in [0.4, 0.5) is 19.2 Å². The summed E-state index contributed by atoms with van der Waals surface area (Å²) < 4.78 is 65.9. The van der Waals surface area contributed by atoms with Crippen LogP contribution in [0, 0.1) is 0 Å². The number of hydrogen-bond acceptors (Lipinski definition) is 6. The molecule has 0 saturated carbocycles. The molecule has 11 heteroatoms. The van der Waals surface area contributed by atoms with Crippen molar-refractivity contribution < 1.29 is 30.8 Å². The number of nitrogens with zero attached hydrogens (tertiary/aromatic N) is 2. The molecule has 1 N–H and O–H groups in total. The Balaban J connectivity index is 1.64. The van der Waals surface area contributed by atoms with Crippen molar-refractivity contribution in [1.82, 2.24) is 10.2 Å². The quantitative estimate of drug-likeness (QED) is 0.673. The molecule has 152 valence electrons. The van der Waals surface area contributed by atoms with Crippen LogP contribution in [0.5, 0.6) is 0 Å². The number of carbonyl (C=O) groups is 1. The van der Waals surface area contributed by atoms with Crippen LogP contribution in [0.15, 0.2) is 57.8 Å². The van der Waals surface area contributed by atoms with Gasteiger partial charge in [0.25, 0.3) is 0 Å². The van der Waals surface area contributed by atoms with E-state index in [1.807, 2.05) is 0 Å². The van der Waals surface area contributed by atoms with Crippen LogP contribution in [0.25, 0.3) is 11.5 Å². The van der Waals surface area contributed by atoms with E-state index in [4.69, 9.17) is 4.42 Å². The summed E-state index contributed by atoms with van der Waals surface area (Å²) in [6.07, 6.45) is -3.44. The number of sulfone groups is 1. The van der Waals surface area contributed by atoms with E-state index < -0.39 is 27.5 Å². The van der Waals surface area contributed by atoms with Gasteiger partial charge in [0.05, 0.1) is 16.9 Å². The summed E-state index contributed by atoms with van der Waals surface area (Å²) in [5.41, 5.74) is 0.0240. The van der Waals surface area contributed by atoms with Gasteiger partial charge in [-0.1, -0.05) is 17.2 Å². The Morgan fingerprint density at radius 1 is 1.03 bits per heavy atom. The summed E-state index contributed by atoms with van der Waals surface area (Å²) in [5, 5.41) is 9.72. The molecule has 0 fully saturated rings. The minimum atomic E-state index is -4.45. The van der Waals surface area contributed by atoms with Crippen molar-refractivity contribution in [2.75, 3.05) is 11.6 Å². The SMILES string of the molecule is CS(=O)(=O)c1ccc(CC(=O)Nc2nnc(-c3ccc(C(F)(F)F)cc3)o2)cc1. The predicted molar refractivity (Wildman–Crippen MR) is 96.6 cm³/mol. The fourth-order valence-electron chi connectivity index (χ4n) is 2.40.